The van der Waals surface area contributed by atoms with Gasteiger partial charge in [0.05, 0.1) is 10.0 Å². The Labute approximate surface area is 228 Å². The Balaban J connectivity index is 0.000000179. The van der Waals surface area contributed by atoms with Crippen LogP contribution in [0.4, 0.5) is 51.1 Å². The molecule has 0 spiro atoms. The van der Waals surface area contributed by atoms with Crippen LogP contribution >= 0.6 is 22.7 Å². The third kappa shape index (κ3) is 10.6. The average Bonchev–Trinajstić information content (AvgIpc) is 3.62. The highest BCUT2D eigenvalue weighted by atomic mass is 32.1. The van der Waals surface area contributed by atoms with E-state index in [-0.39, 0.29) is 5.13 Å². The number of nitrogen functional groups attached to an aromatic ring is 6. The van der Waals surface area contributed by atoms with Crippen molar-refractivity contribution in [3.05, 3.63) is 71.2 Å². The van der Waals surface area contributed by atoms with E-state index in [0.29, 0.717) is 0 Å². The van der Waals surface area contributed by atoms with E-state index >= 15 is 0 Å². The molecule has 1 fully saturated rings. The SMILES string of the molecule is Cc1cc(N)ccc1N.Nc1ccc(N)cc1.Nc1ccc(N2CCCC2)s1.Nc1nc(C(F)(F)F)cs1. The van der Waals surface area contributed by atoms with Crippen LogP contribution in [0.1, 0.15) is 24.1 Å². The molecule has 3 heterocycles. The number of benzene rings is 2. The number of thiophene rings is 1. The minimum Gasteiger partial charge on any atom is -0.399 e. The van der Waals surface area contributed by atoms with Gasteiger partial charge in [-0.2, -0.15) is 13.2 Å². The van der Waals surface area contributed by atoms with Crippen molar-refractivity contribution in [1.29, 1.82) is 0 Å². The molecule has 0 unspecified atom stereocenters. The summed E-state index contributed by atoms with van der Waals surface area (Å²) in [5.41, 5.74) is 35.5. The summed E-state index contributed by atoms with van der Waals surface area (Å²) < 4.78 is 35.1. The number of hydrogen-bond donors (Lipinski definition) is 6. The van der Waals surface area contributed by atoms with Gasteiger partial charge in [0.1, 0.15) is 0 Å². The number of aromatic nitrogens is 1. The van der Waals surface area contributed by atoms with E-state index in [4.69, 9.17) is 34.4 Å². The van der Waals surface area contributed by atoms with Gasteiger partial charge in [-0.15, -0.1) is 22.7 Å². The van der Waals surface area contributed by atoms with Crippen molar-refractivity contribution in [1.82, 2.24) is 4.98 Å². The maximum Gasteiger partial charge on any atom is 0.434 e. The molecule has 0 aliphatic carbocycles. The molecule has 2 aromatic heterocycles. The van der Waals surface area contributed by atoms with Gasteiger partial charge in [0.2, 0.25) is 0 Å². The van der Waals surface area contributed by atoms with Gasteiger partial charge in [-0.3, -0.25) is 0 Å². The fourth-order valence-corrected chi connectivity index (χ4v) is 4.46. The van der Waals surface area contributed by atoms with Crippen LogP contribution in [0.25, 0.3) is 0 Å². The highest BCUT2D eigenvalue weighted by Gasteiger charge is 2.33. The number of rotatable bonds is 1. The molecule has 0 atom stereocenters. The molecule has 8 nitrogen and oxygen atoms in total. The van der Waals surface area contributed by atoms with Crippen molar-refractivity contribution in [2.75, 3.05) is 52.4 Å². The minimum atomic E-state index is -4.37. The molecule has 1 saturated heterocycles. The zero-order chi connectivity index (χ0) is 28.3. The van der Waals surface area contributed by atoms with Crippen molar-refractivity contribution < 1.29 is 13.2 Å². The van der Waals surface area contributed by atoms with Crippen LogP contribution in [0.5, 0.6) is 0 Å². The summed E-state index contributed by atoms with van der Waals surface area (Å²) in [5, 5.41) is 3.08. The standard InChI is InChI=1S/C8H12N2S.C7H10N2.C6H8N2.C4H3F3N2S/c9-7-3-4-8(11-7)10-5-1-2-6-10;1-5-4-6(8)2-3-7(5)9;7-5-1-2-6(8)4-3-5;5-4(6,7)2-1-10-3(8)9-2/h3-4H,1-2,5-6,9H2;2-4H,8-9H2,1H3;1-4H,7-8H2;1H,(H2,8,9). The Kier molecular flexibility index (Phi) is 11.3. The summed E-state index contributed by atoms with van der Waals surface area (Å²) >= 11 is 2.47. The van der Waals surface area contributed by atoms with Crippen LogP contribution in [0.2, 0.25) is 0 Å². The molecule has 206 valence electrons. The van der Waals surface area contributed by atoms with Gasteiger partial charge in [0.15, 0.2) is 10.8 Å². The molecule has 0 saturated carbocycles. The molecule has 1 aliphatic heterocycles. The zero-order valence-corrected chi connectivity index (χ0v) is 22.5. The van der Waals surface area contributed by atoms with Gasteiger partial charge in [-0.25, -0.2) is 4.98 Å². The lowest BCUT2D eigenvalue weighted by Crippen LogP contribution is -2.15. The van der Waals surface area contributed by atoms with Crippen molar-refractivity contribution in [2.45, 2.75) is 25.9 Å². The van der Waals surface area contributed by atoms with E-state index in [9.17, 15) is 13.2 Å². The molecule has 2 aromatic carbocycles. The quantitative estimate of drug-likeness (QED) is 0.160. The molecule has 12 N–H and O–H groups in total. The first-order valence-electron chi connectivity index (χ1n) is 11.5. The molecular formula is C25H33F3N8S2. The molecule has 13 heteroatoms. The van der Waals surface area contributed by atoms with Crippen LogP contribution in [0, 0.1) is 6.92 Å². The Hall–Kier alpha value is -3.84. The average molecular weight is 567 g/mol. The Morgan fingerprint density at radius 1 is 0.789 bits per heavy atom. The lowest BCUT2D eigenvalue weighted by molar-refractivity contribution is -0.140. The smallest absolute Gasteiger partial charge is 0.399 e. The fourth-order valence-electron chi connectivity index (χ4n) is 3.06. The van der Waals surface area contributed by atoms with Gasteiger partial charge in [-0.05, 0) is 79.9 Å². The lowest BCUT2D eigenvalue weighted by Gasteiger charge is -2.13. The van der Waals surface area contributed by atoms with Crippen molar-refractivity contribution in [3.8, 4) is 0 Å². The van der Waals surface area contributed by atoms with Crippen LogP contribution < -0.4 is 39.3 Å². The highest BCUT2D eigenvalue weighted by Crippen LogP contribution is 2.31. The number of anilines is 7. The number of aryl methyl sites for hydroxylation is 1. The second-order valence-corrected chi connectivity index (χ2v) is 10.2. The van der Waals surface area contributed by atoms with E-state index in [1.807, 2.05) is 25.1 Å². The lowest BCUT2D eigenvalue weighted by atomic mass is 10.2. The molecule has 0 bridgehead atoms. The van der Waals surface area contributed by atoms with E-state index in [2.05, 4.69) is 16.0 Å². The number of nitrogens with two attached hydrogens (primary N) is 6. The first kappa shape index (κ1) is 30.4. The Bertz CT molecular complexity index is 1230. The van der Waals surface area contributed by atoms with Gasteiger partial charge in [-0.1, -0.05) is 0 Å². The van der Waals surface area contributed by atoms with Crippen molar-refractivity contribution >= 4 is 60.6 Å². The van der Waals surface area contributed by atoms with Crippen LogP contribution in [-0.4, -0.2) is 18.1 Å². The first-order chi connectivity index (χ1) is 17.8. The summed E-state index contributed by atoms with van der Waals surface area (Å²) in [6.45, 7) is 4.35. The number of thiazole rings is 1. The van der Waals surface area contributed by atoms with Crippen LogP contribution in [0.15, 0.2) is 60.0 Å². The van der Waals surface area contributed by atoms with Crippen molar-refractivity contribution in [3.63, 3.8) is 0 Å². The molecule has 0 radical (unpaired) electrons. The van der Waals surface area contributed by atoms with E-state index < -0.39 is 11.9 Å². The molecule has 5 rings (SSSR count). The maximum absolute atomic E-state index is 11.7. The Morgan fingerprint density at radius 2 is 1.34 bits per heavy atom. The van der Waals surface area contributed by atoms with Crippen molar-refractivity contribution in [2.24, 2.45) is 0 Å². The summed E-state index contributed by atoms with van der Waals surface area (Å²) in [4.78, 5) is 5.46. The normalized spacial score (nSPS) is 12.4. The predicted molar refractivity (Wildman–Crippen MR) is 157 cm³/mol. The second kappa shape index (κ2) is 14.2. The predicted octanol–water partition coefficient (Wildman–Crippen LogP) is 5.69. The number of nitrogens with zero attached hydrogens (tertiary/aromatic N) is 2. The zero-order valence-electron chi connectivity index (χ0n) is 20.9. The largest absolute Gasteiger partial charge is 0.434 e. The maximum atomic E-state index is 11.7. The van der Waals surface area contributed by atoms with E-state index in [1.165, 1.54) is 30.9 Å². The number of hydrogen-bond acceptors (Lipinski definition) is 10. The molecular weight excluding hydrogens is 533 g/mol. The topological polar surface area (TPSA) is 172 Å². The second-order valence-electron chi connectivity index (χ2n) is 8.22. The van der Waals surface area contributed by atoms with E-state index in [1.54, 1.807) is 41.7 Å². The minimum absolute atomic E-state index is 0.0627. The van der Waals surface area contributed by atoms with E-state index in [0.717, 1.165) is 50.0 Å². The summed E-state index contributed by atoms with van der Waals surface area (Å²) in [7, 11) is 0. The molecule has 4 aromatic rings. The Morgan fingerprint density at radius 3 is 1.71 bits per heavy atom. The van der Waals surface area contributed by atoms with Gasteiger partial charge < -0.3 is 39.3 Å². The van der Waals surface area contributed by atoms with Gasteiger partial charge in [0, 0.05) is 41.2 Å². The summed E-state index contributed by atoms with van der Waals surface area (Å²) in [5.74, 6) is 0. The van der Waals surface area contributed by atoms with Crippen LogP contribution in [0.3, 0.4) is 0 Å². The summed E-state index contributed by atoms with van der Waals surface area (Å²) in [6.07, 6.45) is -1.70. The number of halogens is 3. The molecule has 1 aliphatic rings. The molecule has 0 amide bonds. The van der Waals surface area contributed by atoms with Gasteiger partial charge in [0.25, 0.3) is 0 Å². The molecule has 38 heavy (non-hydrogen) atoms. The van der Waals surface area contributed by atoms with Crippen LogP contribution in [-0.2, 0) is 6.18 Å². The monoisotopic (exact) mass is 566 g/mol. The van der Waals surface area contributed by atoms with Gasteiger partial charge >= 0.3 is 6.18 Å². The third-order valence-corrected chi connectivity index (χ3v) is 6.72. The third-order valence-electron chi connectivity index (χ3n) is 5.07. The first-order valence-corrected chi connectivity index (χ1v) is 13.2. The fraction of sp³-hybridized carbons (Fsp3) is 0.240. The summed E-state index contributed by atoms with van der Waals surface area (Å²) in [6, 6.07) is 16.7. The number of alkyl halides is 3. The highest BCUT2D eigenvalue weighted by molar-refractivity contribution is 7.19.